The number of nitrogens with one attached hydrogen (secondary N) is 2. The number of amides is 1. The third-order valence-corrected chi connectivity index (χ3v) is 1.85. The molecule has 0 spiro atoms. The van der Waals surface area contributed by atoms with Crippen molar-refractivity contribution in [2.75, 3.05) is 20.1 Å². The lowest BCUT2D eigenvalue weighted by Crippen LogP contribution is -2.37. The molecule has 0 aliphatic heterocycles. The molecule has 0 heterocycles. The number of likely N-dealkylation sites (N-methyl/N-ethyl adjacent to an activating group) is 1. The standard InChI is InChI=1S/C12H23N3O2/c1-10(8-13)9-14-6-7-15(5)11(16)17-12(2,3)4/h8-9,13-14H,6-7H2,1-5H3/b10-9-,13-8?. The van der Waals surface area contributed by atoms with E-state index >= 15 is 0 Å². The summed E-state index contributed by atoms with van der Waals surface area (Å²) in [6.45, 7) is 8.53. The van der Waals surface area contributed by atoms with Crippen molar-refractivity contribution in [3.8, 4) is 0 Å². The van der Waals surface area contributed by atoms with Gasteiger partial charge in [0.05, 0.1) is 0 Å². The molecule has 0 aliphatic carbocycles. The SMILES string of the molecule is C/C(C=N)=C/NCCN(C)C(=O)OC(C)(C)C. The Morgan fingerprint density at radius 2 is 2.06 bits per heavy atom. The van der Waals surface area contributed by atoms with Crippen LogP contribution in [-0.4, -0.2) is 42.9 Å². The number of ether oxygens (including phenoxy) is 1. The van der Waals surface area contributed by atoms with Crippen molar-refractivity contribution in [1.29, 1.82) is 5.41 Å². The summed E-state index contributed by atoms with van der Waals surface area (Å²) < 4.78 is 5.21. The van der Waals surface area contributed by atoms with Crippen molar-refractivity contribution in [3.63, 3.8) is 0 Å². The highest BCUT2D eigenvalue weighted by atomic mass is 16.6. The van der Waals surface area contributed by atoms with Crippen LogP contribution in [0.25, 0.3) is 0 Å². The van der Waals surface area contributed by atoms with E-state index in [9.17, 15) is 4.79 Å². The maximum absolute atomic E-state index is 11.6. The molecule has 5 heteroatoms. The van der Waals surface area contributed by atoms with Gasteiger partial charge >= 0.3 is 6.09 Å². The molecule has 0 saturated heterocycles. The van der Waals surface area contributed by atoms with E-state index in [0.717, 1.165) is 5.57 Å². The average Bonchev–Trinajstić information content (AvgIpc) is 2.21. The third kappa shape index (κ3) is 8.30. The second kappa shape index (κ2) is 6.93. The summed E-state index contributed by atoms with van der Waals surface area (Å²) in [5, 5.41) is 10.00. The second-order valence-electron chi connectivity index (χ2n) is 4.89. The maximum Gasteiger partial charge on any atom is 0.410 e. The molecule has 0 unspecified atom stereocenters. The number of hydrogen-bond acceptors (Lipinski definition) is 4. The van der Waals surface area contributed by atoms with Crippen molar-refractivity contribution in [3.05, 3.63) is 11.8 Å². The minimum absolute atomic E-state index is 0.327. The lowest BCUT2D eigenvalue weighted by Gasteiger charge is -2.24. The van der Waals surface area contributed by atoms with Crippen LogP contribution in [-0.2, 0) is 4.74 Å². The van der Waals surface area contributed by atoms with Gasteiger partial charge in [-0.1, -0.05) is 0 Å². The molecule has 98 valence electrons. The predicted molar refractivity (Wildman–Crippen MR) is 69.4 cm³/mol. The fourth-order valence-electron chi connectivity index (χ4n) is 0.938. The highest BCUT2D eigenvalue weighted by Crippen LogP contribution is 2.08. The first kappa shape index (κ1) is 15.5. The fraction of sp³-hybridized carbons (Fsp3) is 0.667. The largest absolute Gasteiger partial charge is 0.444 e. The number of carbonyl (C=O) groups excluding carboxylic acids is 1. The summed E-state index contributed by atoms with van der Waals surface area (Å²) in [7, 11) is 1.70. The molecular weight excluding hydrogens is 218 g/mol. The Morgan fingerprint density at radius 1 is 1.47 bits per heavy atom. The topological polar surface area (TPSA) is 65.4 Å². The smallest absolute Gasteiger partial charge is 0.410 e. The van der Waals surface area contributed by atoms with Gasteiger partial charge in [0.25, 0.3) is 0 Å². The van der Waals surface area contributed by atoms with Crippen LogP contribution in [0.1, 0.15) is 27.7 Å². The summed E-state index contributed by atoms with van der Waals surface area (Å²) in [5.74, 6) is 0. The van der Waals surface area contributed by atoms with E-state index in [-0.39, 0.29) is 6.09 Å². The van der Waals surface area contributed by atoms with Gasteiger partial charge in [0.2, 0.25) is 0 Å². The first-order valence-electron chi connectivity index (χ1n) is 5.61. The number of hydrogen-bond donors (Lipinski definition) is 2. The number of nitrogens with zero attached hydrogens (tertiary/aromatic N) is 1. The van der Waals surface area contributed by atoms with Gasteiger partial charge in [-0.2, -0.15) is 0 Å². The van der Waals surface area contributed by atoms with Gasteiger partial charge in [-0.15, -0.1) is 0 Å². The first-order chi connectivity index (χ1) is 7.76. The second-order valence-corrected chi connectivity index (χ2v) is 4.89. The lowest BCUT2D eigenvalue weighted by molar-refractivity contribution is 0.0302. The van der Waals surface area contributed by atoms with Crippen molar-refractivity contribution in [2.24, 2.45) is 0 Å². The highest BCUT2D eigenvalue weighted by molar-refractivity contribution is 5.74. The molecule has 0 rings (SSSR count). The van der Waals surface area contributed by atoms with Gasteiger partial charge < -0.3 is 20.4 Å². The van der Waals surface area contributed by atoms with Crippen molar-refractivity contribution in [1.82, 2.24) is 10.2 Å². The minimum Gasteiger partial charge on any atom is -0.444 e. The molecule has 0 saturated carbocycles. The van der Waals surface area contributed by atoms with E-state index < -0.39 is 5.60 Å². The Labute approximate surface area is 103 Å². The van der Waals surface area contributed by atoms with E-state index in [4.69, 9.17) is 10.1 Å². The molecule has 0 aromatic carbocycles. The zero-order valence-electron chi connectivity index (χ0n) is 11.3. The predicted octanol–water partition coefficient (Wildman–Crippen LogP) is 2.00. The maximum atomic E-state index is 11.6. The fourth-order valence-corrected chi connectivity index (χ4v) is 0.938. The number of carbonyl (C=O) groups is 1. The van der Waals surface area contributed by atoms with E-state index in [0.29, 0.717) is 13.1 Å². The van der Waals surface area contributed by atoms with Gasteiger partial charge in [-0.05, 0) is 33.3 Å². The van der Waals surface area contributed by atoms with Crippen LogP contribution in [0.2, 0.25) is 0 Å². The summed E-state index contributed by atoms with van der Waals surface area (Å²) >= 11 is 0. The van der Waals surface area contributed by atoms with Crippen LogP contribution in [0.15, 0.2) is 11.8 Å². The third-order valence-electron chi connectivity index (χ3n) is 1.85. The normalized spacial score (nSPS) is 11.9. The van der Waals surface area contributed by atoms with E-state index in [1.165, 1.54) is 11.1 Å². The molecule has 1 amide bonds. The molecule has 0 aromatic heterocycles. The van der Waals surface area contributed by atoms with Crippen LogP contribution in [0.4, 0.5) is 4.79 Å². The van der Waals surface area contributed by atoms with Gasteiger partial charge in [-0.3, -0.25) is 0 Å². The van der Waals surface area contributed by atoms with Crippen LogP contribution in [0, 0.1) is 5.41 Å². The van der Waals surface area contributed by atoms with E-state index in [1.807, 2.05) is 27.7 Å². The molecule has 0 bridgehead atoms. The molecular formula is C12H23N3O2. The molecule has 5 nitrogen and oxygen atoms in total. The van der Waals surface area contributed by atoms with Crippen LogP contribution in [0.3, 0.4) is 0 Å². The minimum atomic E-state index is -0.463. The zero-order valence-corrected chi connectivity index (χ0v) is 11.3. The average molecular weight is 241 g/mol. The number of rotatable bonds is 5. The molecule has 2 N–H and O–H groups in total. The van der Waals surface area contributed by atoms with Gasteiger partial charge in [0.15, 0.2) is 0 Å². The summed E-state index contributed by atoms with van der Waals surface area (Å²) in [6, 6.07) is 0. The van der Waals surface area contributed by atoms with Crippen molar-refractivity contribution in [2.45, 2.75) is 33.3 Å². The quantitative estimate of drug-likeness (QED) is 0.571. The van der Waals surface area contributed by atoms with Crippen molar-refractivity contribution < 1.29 is 9.53 Å². The zero-order chi connectivity index (χ0) is 13.5. The molecule has 0 atom stereocenters. The molecule has 0 fully saturated rings. The van der Waals surface area contributed by atoms with Crippen LogP contribution < -0.4 is 5.32 Å². The Bertz CT molecular complexity index is 293. The molecule has 17 heavy (non-hydrogen) atoms. The Morgan fingerprint density at radius 3 is 2.53 bits per heavy atom. The Hall–Kier alpha value is -1.52. The first-order valence-corrected chi connectivity index (χ1v) is 5.61. The van der Waals surface area contributed by atoms with Gasteiger partial charge in [0, 0.05) is 32.6 Å². The molecule has 0 aromatic rings. The molecule has 0 radical (unpaired) electrons. The summed E-state index contributed by atoms with van der Waals surface area (Å²) in [4.78, 5) is 13.1. The number of allylic oxidation sites excluding steroid dienone is 1. The van der Waals surface area contributed by atoms with Crippen LogP contribution >= 0.6 is 0 Å². The lowest BCUT2D eigenvalue weighted by atomic mass is 10.2. The summed E-state index contributed by atoms with van der Waals surface area (Å²) in [5.41, 5.74) is 0.375. The van der Waals surface area contributed by atoms with Crippen LogP contribution in [0.5, 0.6) is 0 Å². The summed E-state index contributed by atoms with van der Waals surface area (Å²) in [6.07, 6.45) is 2.69. The van der Waals surface area contributed by atoms with Crippen molar-refractivity contribution >= 4 is 12.3 Å². The van der Waals surface area contributed by atoms with Gasteiger partial charge in [-0.25, -0.2) is 4.79 Å². The monoisotopic (exact) mass is 241 g/mol. The van der Waals surface area contributed by atoms with E-state index in [2.05, 4.69) is 5.32 Å². The van der Waals surface area contributed by atoms with E-state index in [1.54, 1.807) is 13.2 Å². The Kier molecular flexibility index (Phi) is 6.31. The highest BCUT2D eigenvalue weighted by Gasteiger charge is 2.18. The molecule has 0 aliphatic rings. The Balaban J connectivity index is 3.90. The van der Waals surface area contributed by atoms with Gasteiger partial charge in [0.1, 0.15) is 5.60 Å².